The molecule has 0 radical (unpaired) electrons. The van der Waals surface area contributed by atoms with Gasteiger partial charge < -0.3 is 4.42 Å². The lowest BCUT2D eigenvalue weighted by molar-refractivity contribution is -0.137. The maximum atomic E-state index is 12.8. The average molecular weight is 373 g/mol. The summed E-state index contributed by atoms with van der Waals surface area (Å²) < 4.78 is 43.8. The summed E-state index contributed by atoms with van der Waals surface area (Å²) in [5, 5.41) is 0. The van der Waals surface area contributed by atoms with Crippen LogP contribution in [0.25, 0.3) is 11.1 Å². The van der Waals surface area contributed by atoms with Gasteiger partial charge in [-0.1, -0.05) is 24.3 Å². The molecule has 0 bridgehead atoms. The second-order valence-corrected chi connectivity index (χ2v) is 6.39. The maximum absolute atomic E-state index is 12.8. The van der Waals surface area contributed by atoms with Gasteiger partial charge in [0, 0.05) is 23.5 Å². The van der Waals surface area contributed by atoms with Crippen LogP contribution in [0, 0.1) is 13.8 Å². The molecule has 3 rings (SSSR count). The highest BCUT2D eigenvalue weighted by Gasteiger charge is 2.30. The fourth-order valence-corrected chi connectivity index (χ4v) is 2.99. The quantitative estimate of drug-likeness (QED) is 0.637. The number of rotatable bonds is 4. The van der Waals surface area contributed by atoms with Crippen molar-refractivity contribution in [3.05, 3.63) is 87.2 Å². The zero-order valence-corrected chi connectivity index (χ0v) is 14.9. The molecule has 0 aliphatic heterocycles. The molecule has 140 valence electrons. The third-order valence-corrected chi connectivity index (χ3v) is 4.28. The minimum Gasteiger partial charge on any atom is -0.466 e. The van der Waals surface area contributed by atoms with Gasteiger partial charge in [0.15, 0.2) is 5.43 Å². The predicted octanol–water partition coefficient (Wildman–Crippen LogP) is 5.12. The normalized spacial score (nSPS) is 11.6. The van der Waals surface area contributed by atoms with Crippen molar-refractivity contribution in [3.63, 3.8) is 0 Å². The molecule has 2 aromatic heterocycles. The summed E-state index contributed by atoms with van der Waals surface area (Å²) in [4.78, 5) is 16.5. The van der Waals surface area contributed by atoms with Crippen LogP contribution in [0.1, 0.15) is 28.3 Å². The Morgan fingerprint density at radius 1 is 1.04 bits per heavy atom. The molecule has 0 N–H and O–H groups in total. The maximum Gasteiger partial charge on any atom is 0.416 e. The van der Waals surface area contributed by atoms with Crippen LogP contribution in [0.2, 0.25) is 0 Å². The van der Waals surface area contributed by atoms with Gasteiger partial charge in [0.2, 0.25) is 0 Å². The number of aryl methyl sites for hydroxylation is 4. The highest BCUT2D eigenvalue weighted by atomic mass is 19.4. The lowest BCUT2D eigenvalue weighted by atomic mass is 10.0. The summed E-state index contributed by atoms with van der Waals surface area (Å²) in [5.74, 6) is 1.07. The summed E-state index contributed by atoms with van der Waals surface area (Å²) in [5.41, 5.74) is 1.69. The van der Waals surface area contributed by atoms with Crippen molar-refractivity contribution in [2.75, 3.05) is 0 Å². The van der Waals surface area contributed by atoms with E-state index in [1.54, 1.807) is 38.2 Å². The van der Waals surface area contributed by atoms with Crippen LogP contribution in [0.4, 0.5) is 13.2 Å². The Kier molecular flexibility index (Phi) is 5.17. The molecule has 0 atom stereocenters. The van der Waals surface area contributed by atoms with E-state index in [9.17, 15) is 18.0 Å². The van der Waals surface area contributed by atoms with Gasteiger partial charge in [-0.2, -0.15) is 13.2 Å². The second-order valence-electron chi connectivity index (χ2n) is 6.39. The molecular weight excluding hydrogens is 355 g/mol. The Balaban J connectivity index is 1.75. The molecule has 0 aliphatic carbocycles. The minimum atomic E-state index is -4.34. The zero-order chi connectivity index (χ0) is 19.6. The van der Waals surface area contributed by atoms with Crippen molar-refractivity contribution in [3.8, 4) is 11.1 Å². The Hall–Kier alpha value is -2.89. The molecule has 1 aromatic carbocycles. The summed E-state index contributed by atoms with van der Waals surface area (Å²) in [6, 6.07) is 10.3. The van der Waals surface area contributed by atoms with Crippen LogP contribution in [-0.4, -0.2) is 4.98 Å². The molecule has 3 nitrogen and oxygen atoms in total. The van der Waals surface area contributed by atoms with Crippen LogP contribution in [0.3, 0.4) is 0 Å². The first kappa shape index (κ1) is 18.9. The molecule has 3 aromatic rings. The second kappa shape index (κ2) is 7.39. The Morgan fingerprint density at radius 3 is 2.44 bits per heavy atom. The van der Waals surface area contributed by atoms with E-state index in [4.69, 9.17) is 4.42 Å². The first-order valence-corrected chi connectivity index (χ1v) is 8.47. The lowest BCUT2D eigenvalue weighted by Crippen LogP contribution is -2.07. The van der Waals surface area contributed by atoms with Crippen molar-refractivity contribution >= 4 is 0 Å². The van der Waals surface area contributed by atoms with Gasteiger partial charge in [-0.05, 0) is 44.4 Å². The summed E-state index contributed by atoms with van der Waals surface area (Å²) in [6.07, 6.45) is -1.80. The molecule has 0 spiro atoms. The molecule has 27 heavy (non-hydrogen) atoms. The van der Waals surface area contributed by atoms with Crippen LogP contribution in [0.15, 0.2) is 57.9 Å². The van der Waals surface area contributed by atoms with Crippen molar-refractivity contribution in [2.45, 2.75) is 32.9 Å². The highest BCUT2D eigenvalue weighted by Crippen LogP contribution is 2.29. The largest absolute Gasteiger partial charge is 0.466 e. The van der Waals surface area contributed by atoms with E-state index in [1.807, 2.05) is 0 Å². The Labute approximate surface area is 154 Å². The lowest BCUT2D eigenvalue weighted by Gasteiger charge is -2.09. The molecule has 2 heterocycles. The fourth-order valence-electron chi connectivity index (χ4n) is 2.99. The third-order valence-electron chi connectivity index (χ3n) is 4.28. The van der Waals surface area contributed by atoms with E-state index in [0.29, 0.717) is 41.1 Å². The van der Waals surface area contributed by atoms with Gasteiger partial charge in [-0.3, -0.25) is 9.78 Å². The minimum absolute atomic E-state index is 0.130. The number of benzene rings is 1. The van der Waals surface area contributed by atoms with E-state index in [0.717, 1.165) is 17.8 Å². The number of pyridine rings is 1. The van der Waals surface area contributed by atoms with E-state index in [-0.39, 0.29) is 5.43 Å². The van der Waals surface area contributed by atoms with E-state index in [2.05, 4.69) is 4.98 Å². The Morgan fingerprint density at radius 2 is 1.81 bits per heavy atom. The Bertz CT molecular complexity index is 1010. The van der Waals surface area contributed by atoms with Gasteiger partial charge >= 0.3 is 6.18 Å². The van der Waals surface area contributed by atoms with Crippen molar-refractivity contribution in [1.82, 2.24) is 4.98 Å². The van der Waals surface area contributed by atoms with Gasteiger partial charge in [0.1, 0.15) is 11.5 Å². The standard InChI is InChI=1S/C21H18F3NO2/c1-13-10-19(26)20(14(2)27-13)16-7-9-18(25-12-16)8-6-15-4-3-5-17(11-15)21(22,23)24/h3-5,7,9-12H,6,8H2,1-2H3. The van der Waals surface area contributed by atoms with E-state index in [1.165, 1.54) is 12.1 Å². The number of nitrogens with zero attached hydrogens (tertiary/aromatic N) is 1. The number of hydrogen-bond acceptors (Lipinski definition) is 3. The number of alkyl halides is 3. The van der Waals surface area contributed by atoms with Crippen molar-refractivity contribution in [2.24, 2.45) is 0 Å². The molecular formula is C21H18F3NO2. The van der Waals surface area contributed by atoms with Crippen LogP contribution in [0.5, 0.6) is 0 Å². The summed E-state index contributed by atoms with van der Waals surface area (Å²) >= 11 is 0. The smallest absolute Gasteiger partial charge is 0.416 e. The van der Waals surface area contributed by atoms with Crippen LogP contribution in [-0.2, 0) is 19.0 Å². The molecule has 0 fully saturated rings. The average Bonchev–Trinajstić information content (AvgIpc) is 2.60. The van der Waals surface area contributed by atoms with E-state index >= 15 is 0 Å². The monoisotopic (exact) mass is 373 g/mol. The fraction of sp³-hybridized carbons (Fsp3) is 0.238. The van der Waals surface area contributed by atoms with Crippen LogP contribution >= 0.6 is 0 Å². The molecule has 0 saturated heterocycles. The van der Waals surface area contributed by atoms with Gasteiger partial charge in [0.25, 0.3) is 0 Å². The number of halogens is 3. The molecule has 0 amide bonds. The molecule has 0 aliphatic rings. The van der Waals surface area contributed by atoms with E-state index < -0.39 is 11.7 Å². The van der Waals surface area contributed by atoms with Gasteiger partial charge in [0.05, 0.1) is 11.1 Å². The number of hydrogen-bond donors (Lipinski definition) is 0. The summed E-state index contributed by atoms with van der Waals surface area (Å²) in [7, 11) is 0. The van der Waals surface area contributed by atoms with Crippen molar-refractivity contribution < 1.29 is 17.6 Å². The zero-order valence-electron chi connectivity index (χ0n) is 14.9. The van der Waals surface area contributed by atoms with Gasteiger partial charge in [-0.25, -0.2) is 0 Å². The third kappa shape index (κ3) is 4.45. The molecule has 6 heteroatoms. The summed E-state index contributed by atoms with van der Waals surface area (Å²) in [6.45, 7) is 3.44. The molecule has 0 saturated carbocycles. The topological polar surface area (TPSA) is 43.1 Å². The highest BCUT2D eigenvalue weighted by molar-refractivity contribution is 5.64. The first-order chi connectivity index (χ1) is 12.7. The first-order valence-electron chi connectivity index (χ1n) is 8.47. The van der Waals surface area contributed by atoms with Crippen LogP contribution < -0.4 is 5.43 Å². The molecule has 0 unspecified atom stereocenters. The SMILES string of the molecule is Cc1cc(=O)c(-c2ccc(CCc3cccc(C(F)(F)F)c3)nc2)c(C)o1. The number of aromatic nitrogens is 1. The van der Waals surface area contributed by atoms with Crippen molar-refractivity contribution in [1.29, 1.82) is 0 Å². The van der Waals surface area contributed by atoms with Gasteiger partial charge in [-0.15, -0.1) is 0 Å². The predicted molar refractivity (Wildman–Crippen MR) is 96.5 cm³/mol.